The topological polar surface area (TPSA) is 38.7 Å². The molecule has 0 aromatic heterocycles. The van der Waals surface area contributed by atoms with Crippen LogP contribution >= 0.6 is 0 Å². The van der Waals surface area contributed by atoms with E-state index >= 15 is 0 Å². The van der Waals surface area contributed by atoms with Gasteiger partial charge in [0.2, 0.25) is 0 Å². The van der Waals surface area contributed by atoms with E-state index in [2.05, 4.69) is 0 Å². The van der Waals surface area contributed by atoms with Crippen molar-refractivity contribution in [2.75, 3.05) is 7.11 Å². The number of hydrogen-bond donors (Lipinski definition) is 1. The third-order valence-electron chi connectivity index (χ3n) is 2.95. The van der Waals surface area contributed by atoms with Crippen LogP contribution in [-0.4, -0.2) is 12.2 Å². The number of benzene rings is 2. The monoisotopic (exact) mass is 276 g/mol. The number of aliphatic hydroxyl groups is 1. The third kappa shape index (κ3) is 3.48. The standard InChI is InChI=1S/C16H17FO3/c1-11(18)15-7-6-13(17)9-16(15)20-10-12-4-3-5-14(8-12)19-2/h3-9,11,18H,10H2,1-2H3. The molecule has 20 heavy (non-hydrogen) atoms. The first kappa shape index (κ1) is 14.3. The van der Waals surface area contributed by atoms with Crippen LogP contribution in [0.5, 0.6) is 11.5 Å². The third-order valence-corrected chi connectivity index (χ3v) is 2.95. The summed E-state index contributed by atoms with van der Waals surface area (Å²) in [5.74, 6) is 0.693. The first-order chi connectivity index (χ1) is 9.60. The Morgan fingerprint density at radius 2 is 2.00 bits per heavy atom. The van der Waals surface area contributed by atoms with Crippen LogP contribution in [-0.2, 0) is 6.61 Å². The second-order valence-corrected chi connectivity index (χ2v) is 4.50. The molecule has 2 aromatic carbocycles. The summed E-state index contributed by atoms with van der Waals surface area (Å²) in [5.41, 5.74) is 1.47. The van der Waals surface area contributed by atoms with Crippen LogP contribution in [0.15, 0.2) is 42.5 Å². The molecule has 0 saturated heterocycles. The SMILES string of the molecule is COc1cccc(COc2cc(F)ccc2C(C)O)c1. The molecule has 0 spiro atoms. The van der Waals surface area contributed by atoms with E-state index in [1.54, 1.807) is 14.0 Å². The number of ether oxygens (including phenoxy) is 2. The van der Waals surface area contributed by atoms with Gasteiger partial charge in [-0.3, -0.25) is 0 Å². The number of halogens is 1. The normalized spacial score (nSPS) is 12.0. The maximum atomic E-state index is 13.3. The summed E-state index contributed by atoms with van der Waals surface area (Å²) in [6.07, 6.45) is -0.712. The van der Waals surface area contributed by atoms with E-state index in [1.807, 2.05) is 24.3 Å². The van der Waals surface area contributed by atoms with Gasteiger partial charge in [-0.25, -0.2) is 4.39 Å². The second kappa shape index (κ2) is 6.39. The lowest BCUT2D eigenvalue weighted by Gasteiger charge is -2.14. The lowest BCUT2D eigenvalue weighted by atomic mass is 10.1. The van der Waals surface area contributed by atoms with Gasteiger partial charge in [0.05, 0.1) is 13.2 Å². The molecule has 0 radical (unpaired) electrons. The summed E-state index contributed by atoms with van der Waals surface area (Å²) in [5, 5.41) is 9.65. The molecule has 2 rings (SSSR count). The van der Waals surface area contributed by atoms with Crippen molar-refractivity contribution >= 4 is 0 Å². The zero-order valence-electron chi connectivity index (χ0n) is 11.5. The fraction of sp³-hybridized carbons (Fsp3) is 0.250. The summed E-state index contributed by atoms with van der Waals surface area (Å²) in [6.45, 7) is 1.89. The molecular weight excluding hydrogens is 259 g/mol. The van der Waals surface area contributed by atoms with Crippen LogP contribution in [0.4, 0.5) is 4.39 Å². The average molecular weight is 276 g/mol. The maximum absolute atomic E-state index is 13.3. The number of hydrogen-bond acceptors (Lipinski definition) is 3. The molecule has 1 unspecified atom stereocenters. The van der Waals surface area contributed by atoms with Gasteiger partial charge in [0, 0.05) is 11.6 Å². The Hall–Kier alpha value is -2.07. The minimum Gasteiger partial charge on any atom is -0.497 e. The molecule has 0 aliphatic carbocycles. The zero-order valence-corrected chi connectivity index (χ0v) is 11.5. The van der Waals surface area contributed by atoms with E-state index in [0.29, 0.717) is 11.3 Å². The van der Waals surface area contributed by atoms with Gasteiger partial charge >= 0.3 is 0 Å². The highest BCUT2D eigenvalue weighted by Gasteiger charge is 2.10. The Bertz CT molecular complexity index is 582. The Balaban J connectivity index is 2.15. The van der Waals surface area contributed by atoms with Crippen molar-refractivity contribution in [2.24, 2.45) is 0 Å². The van der Waals surface area contributed by atoms with Crippen LogP contribution < -0.4 is 9.47 Å². The van der Waals surface area contributed by atoms with E-state index in [9.17, 15) is 9.50 Å². The summed E-state index contributed by atoms with van der Waals surface area (Å²) >= 11 is 0. The molecule has 0 bridgehead atoms. The molecule has 1 N–H and O–H groups in total. The van der Waals surface area contributed by atoms with Gasteiger partial charge in [-0.2, -0.15) is 0 Å². The summed E-state index contributed by atoms with van der Waals surface area (Å²) in [4.78, 5) is 0. The van der Waals surface area contributed by atoms with Crippen molar-refractivity contribution < 1.29 is 19.0 Å². The lowest BCUT2D eigenvalue weighted by Crippen LogP contribution is -2.01. The van der Waals surface area contributed by atoms with E-state index in [0.717, 1.165) is 11.3 Å². The highest BCUT2D eigenvalue weighted by atomic mass is 19.1. The van der Waals surface area contributed by atoms with Gasteiger partial charge in [0.1, 0.15) is 23.9 Å². The minimum atomic E-state index is -0.712. The van der Waals surface area contributed by atoms with E-state index in [4.69, 9.17) is 9.47 Å². The molecule has 0 fully saturated rings. The summed E-state index contributed by atoms with van der Waals surface area (Å²) < 4.78 is 24.0. The number of rotatable bonds is 5. The van der Waals surface area contributed by atoms with Gasteiger partial charge < -0.3 is 14.6 Å². The van der Waals surface area contributed by atoms with Crippen LogP contribution in [0.2, 0.25) is 0 Å². The number of aliphatic hydroxyl groups excluding tert-OH is 1. The zero-order chi connectivity index (χ0) is 14.5. The quantitative estimate of drug-likeness (QED) is 0.908. The maximum Gasteiger partial charge on any atom is 0.128 e. The molecule has 0 aliphatic rings. The van der Waals surface area contributed by atoms with Gasteiger partial charge in [-0.05, 0) is 36.8 Å². The first-order valence-corrected chi connectivity index (χ1v) is 6.33. The lowest BCUT2D eigenvalue weighted by molar-refractivity contribution is 0.190. The fourth-order valence-electron chi connectivity index (χ4n) is 1.90. The molecule has 1 atom stereocenters. The highest BCUT2D eigenvalue weighted by Crippen LogP contribution is 2.27. The van der Waals surface area contributed by atoms with Gasteiger partial charge in [0.25, 0.3) is 0 Å². The van der Waals surface area contributed by atoms with Crippen LogP contribution in [0.3, 0.4) is 0 Å². The molecule has 106 valence electrons. The van der Waals surface area contributed by atoms with E-state index in [-0.39, 0.29) is 6.61 Å². The Morgan fingerprint density at radius 1 is 1.20 bits per heavy atom. The van der Waals surface area contributed by atoms with E-state index in [1.165, 1.54) is 18.2 Å². The smallest absolute Gasteiger partial charge is 0.128 e. The van der Waals surface area contributed by atoms with Crippen molar-refractivity contribution in [1.29, 1.82) is 0 Å². The van der Waals surface area contributed by atoms with Gasteiger partial charge in [-0.15, -0.1) is 0 Å². The molecule has 2 aromatic rings. The molecule has 3 nitrogen and oxygen atoms in total. The highest BCUT2D eigenvalue weighted by molar-refractivity contribution is 5.36. The number of methoxy groups -OCH3 is 1. The predicted molar refractivity (Wildman–Crippen MR) is 74.4 cm³/mol. The Kier molecular flexibility index (Phi) is 4.58. The summed E-state index contributed by atoms with van der Waals surface area (Å²) in [7, 11) is 1.60. The average Bonchev–Trinajstić information content (AvgIpc) is 2.45. The van der Waals surface area contributed by atoms with Crippen molar-refractivity contribution in [1.82, 2.24) is 0 Å². The molecule has 0 amide bonds. The minimum absolute atomic E-state index is 0.278. The molecule has 4 heteroatoms. The van der Waals surface area contributed by atoms with Crippen LogP contribution in [0, 0.1) is 5.82 Å². The predicted octanol–water partition coefficient (Wildman–Crippen LogP) is 3.47. The molecular formula is C16H17FO3. The van der Waals surface area contributed by atoms with Crippen molar-refractivity contribution in [2.45, 2.75) is 19.6 Å². The fourth-order valence-corrected chi connectivity index (χ4v) is 1.90. The van der Waals surface area contributed by atoms with Crippen LogP contribution in [0.1, 0.15) is 24.2 Å². The first-order valence-electron chi connectivity index (χ1n) is 6.33. The van der Waals surface area contributed by atoms with E-state index < -0.39 is 11.9 Å². The molecule has 0 aliphatic heterocycles. The Labute approximate surface area is 117 Å². The van der Waals surface area contributed by atoms with Gasteiger partial charge in [0.15, 0.2) is 0 Å². The van der Waals surface area contributed by atoms with Crippen LogP contribution in [0.25, 0.3) is 0 Å². The van der Waals surface area contributed by atoms with Gasteiger partial charge in [-0.1, -0.05) is 12.1 Å². The van der Waals surface area contributed by atoms with Crippen molar-refractivity contribution in [3.05, 3.63) is 59.4 Å². The second-order valence-electron chi connectivity index (χ2n) is 4.50. The Morgan fingerprint density at radius 3 is 2.70 bits per heavy atom. The van der Waals surface area contributed by atoms with Crippen molar-refractivity contribution in [3.8, 4) is 11.5 Å². The van der Waals surface area contributed by atoms with Crippen molar-refractivity contribution in [3.63, 3.8) is 0 Å². The molecule has 0 saturated carbocycles. The summed E-state index contributed by atoms with van der Waals surface area (Å²) in [6, 6.07) is 11.6. The molecule has 0 heterocycles. The largest absolute Gasteiger partial charge is 0.497 e.